The van der Waals surface area contributed by atoms with Crippen LogP contribution in [0.5, 0.6) is 0 Å². The van der Waals surface area contributed by atoms with Gasteiger partial charge in [-0.25, -0.2) is 4.79 Å². The Morgan fingerprint density at radius 2 is 1.88 bits per heavy atom. The van der Waals surface area contributed by atoms with Gasteiger partial charge in [0.2, 0.25) is 5.78 Å². The summed E-state index contributed by atoms with van der Waals surface area (Å²) in [4.78, 5) is 23.7. The second-order valence-electron chi connectivity index (χ2n) is 5.25. The summed E-state index contributed by atoms with van der Waals surface area (Å²) >= 11 is 12.0. The van der Waals surface area contributed by atoms with Crippen molar-refractivity contribution in [2.24, 2.45) is 0 Å². The van der Waals surface area contributed by atoms with E-state index in [1.54, 1.807) is 31.2 Å². The van der Waals surface area contributed by atoms with Crippen molar-refractivity contribution in [3.8, 4) is 5.69 Å². The third-order valence-corrected chi connectivity index (χ3v) is 4.28. The van der Waals surface area contributed by atoms with Crippen LogP contribution in [0.15, 0.2) is 36.4 Å². The lowest BCUT2D eigenvalue weighted by Crippen LogP contribution is -2.13. The van der Waals surface area contributed by atoms with Gasteiger partial charge in [-0.15, -0.1) is 0 Å². The van der Waals surface area contributed by atoms with E-state index < -0.39 is 5.97 Å². The summed E-state index contributed by atoms with van der Waals surface area (Å²) in [6.07, 6.45) is 2.83. The Kier molecular flexibility index (Phi) is 5.86. The largest absolute Gasteiger partial charge is 0.454 e. The first-order valence-electron chi connectivity index (χ1n) is 7.32. The lowest BCUT2D eigenvalue weighted by Gasteiger charge is -2.11. The molecule has 2 rings (SSSR count). The van der Waals surface area contributed by atoms with E-state index in [-0.39, 0.29) is 12.4 Å². The summed E-state index contributed by atoms with van der Waals surface area (Å²) < 4.78 is 6.83. The van der Waals surface area contributed by atoms with Crippen LogP contribution < -0.4 is 0 Å². The molecule has 6 heteroatoms. The number of carbonyl (C=O) groups is 2. The molecule has 0 bridgehead atoms. The molecule has 2 aromatic rings. The van der Waals surface area contributed by atoms with E-state index in [0.29, 0.717) is 15.6 Å². The molecule has 0 amide bonds. The second kappa shape index (κ2) is 7.69. The molecule has 1 aromatic heterocycles. The van der Waals surface area contributed by atoms with Crippen molar-refractivity contribution in [2.45, 2.75) is 20.8 Å². The maximum Gasteiger partial charge on any atom is 0.330 e. The Labute approximate surface area is 150 Å². The Morgan fingerprint density at radius 1 is 1.17 bits per heavy atom. The van der Waals surface area contributed by atoms with Gasteiger partial charge in [0.05, 0.1) is 10.0 Å². The summed E-state index contributed by atoms with van der Waals surface area (Å²) in [6, 6.07) is 7.04. The molecule has 0 aliphatic heterocycles. The molecule has 0 aliphatic carbocycles. The number of hydrogen-bond donors (Lipinski definition) is 0. The Morgan fingerprint density at radius 3 is 2.50 bits per heavy atom. The number of ether oxygens (including phenoxy) is 1. The van der Waals surface area contributed by atoms with Crippen LogP contribution >= 0.6 is 23.2 Å². The summed E-state index contributed by atoms with van der Waals surface area (Å²) in [7, 11) is 0. The van der Waals surface area contributed by atoms with Crippen LogP contribution in [0.25, 0.3) is 5.69 Å². The first-order valence-corrected chi connectivity index (χ1v) is 8.07. The highest BCUT2D eigenvalue weighted by molar-refractivity contribution is 6.42. The second-order valence-corrected chi connectivity index (χ2v) is 6.06. The summed E-state index contributed by atoms with van der Waals surface area (Å²) in [6.45, 7) is 5.12. The molecule has 0 saturated carbocycles. The Bertz CT molecular complexity index is 822. The van der Waals surface area contributed by atoms with Crippen molar-refractivity contribution in [1.29, 1.82) is 0 Å². The maximum absolute atomic E-state index is 12.3. The van der Waals surface area contributed by atoms with Gasteiger partial charge in [0.25, 0.3) is 0 Å². The molecule has 0 atom stereocenters. The number of benzene rings is 1. The number of allylic oxidation sites excluding steroid dienone is 1. The van der Waals surface area contributed by atoms with Crippen LogP contribution in [0.1, 0.15) is 28.7 Å². The average molecular weight is 366 g/mol. The van der Waals surface area contributed by atoms with Crippen LogP contribution in [0.4, 0.5) is 0 Å². The van der Waals surface area contributed by atoms with Crippen LogP contribution in [-0.2, 0) is 9.53 Å². The molecule has 0 fully saturated rings. The van der Waals surface area contributed by atoms with Crippen molar-refractivity contribution in [3.63, 3.8) is 0 Å². The van der Waals surface area contributed by atoms with Gasteiger partial charge in [-0.05, 0) is 45.0 Å². The molecule has 0 spiro atoms. The zero-order valence-electron chi connectivity index (χ0n) is 13.6. The van der Waals surface area contributed by atoms with Crippen molar-refractivity contribution in [1.82, 2.24) is 4.57 Å². The normalized spacial score (nSPS) is 11.0. The Balaban J connectivity index is 2.30. The van der Waals surface area contributed by atoms with E-state index in [0.717, 1.165) is 17.1 Å². The zero-order valence-corrected chi connectivity index (χ0v) is 15.1. The van der Waals surface area contributed by atoms with Crippen LogP contribution in [0.2, 0.25) is 10.0 Å². The number of aryl methyl sites for hydroxylation is 1. The number of ketones is 1. The monoisotopic (exact) mass is 365 g/mol. The zero-order chi connectivity index (χ0) is 17.9. The number of Topliss-reactive ketones (excluding diaryl/α,β-unsaturated/α-hetero) is 1. The van der Waals surface area contributed by atoms with Crippen molar-refractivity contribution >= 4 is 35.0 Å². The third-order valence-electron chi connectivity index (χ3n) is 3.54. The number of nitrogens with zero attached hydrogens (tertiary/aromatic N) is 1. The lowest BCUT2D eigenvalue weighted by atomic mass is 10.1. The fourth-order valence-corrected chi connectivity index (χ4v) is 2.76. The van der Waals surface area contributed by atoms with E-state index >= 15 is 0 Å². The molecule has 4 nitrogen and oxygen atoms in total. The quantitative estimate of drug-likeness (QED) is 0.438. The van der Waals surface area contributed by atoms with E-state index in [1.165, 1.54) is 6.08 Å². The number of carbonyl (C=O) groups excluding carboxylic acids is 2. The third kappa shape index (κ3) is 3.89. The number of aromatic nitrogens is 1. The predicted octanol–water partition coefficient (Wildman–Crippen LogP) is 4.70. The molecule has 0 aliphatic rings. The van der Waals surface area contributed by atoms with E-state index in [9.17, 15) is 9.59 Å². The molecule has 0 unspecified atom stereocenters. The van der Waals surface area contributed by atoms with Crippen LogP contribution in [0.3, 0.4) is 0 Å². The predicted molar refractivity (Wildman–Crippen MR) is 95.4 cm³/mol. The minimum Gasteiger partial charge on any atom is -0.454 e. The number of rotatable bonds is 5. The summed E-state index contributed by atoms with van der Waals surface area (Å²) in [5, 5.41) is 0.907. The van der Waals surface area contributed by atoms with Gasteiger partial charge in [-0.1, -0.05) is 29.3 Å². The first-order chi connectivity index (χ1) is 11.3. The van der Waals surface area contributed by atoms with Gasteiger partial charge in [-0.2, -0.15) is 0 Å². The average Bonchev–Trinajstić information content (AvgIpc) is 2.83. The van der Waals surface area contributed by atoms with Crippen molar-refractivity contribution < 1.29 is 14.3 Å². The molecule has 24 heavy (non-hydrogen) atoms. The SMILES string of the molecule is CC=CC(=O)OCC(=O)c1cc(C)n(-c2ccc(Cl)c(Cl)c2)c1C. The molecule has 1 aromatic carbocycles. The molecule has 126 valence electrons. The molecular weight excluding hydrogens is 349 g/mol. The van der Waals surface area contributed by atoms with Gasteiger partial charge in [0.15, 0.2) is 6.61 Å². The first kappa shape index (κ1) is 18.3. The fraction of sp³-hybridized carbons (Fsp3) is 0.222. The summed E-state index contributed by atoms with van der Waals surface area (Å²) in [5.41, 5.74) is 2.93. The molecule has 0 saturated heterocycles. The minimum atomic E-state index is -0.538. The highest BCUT2D eigenvalue weighted by Gasteiger charge is 2.18. The van der Waals surface area contributed by atoms with E-state index in [1.807, 2.05) is 24.5 Å². The number of hydrogen-bond acceptors (Lipinski definition) is 3. The molecule has 0 N–H and O–H groups in total. The highest BCUT2D eigenvalue weighted by Crippen LogP contribution is 2.27. The number of esters is 1. The van der Waals surface area contributed by atoms with Crippen molar-refractivity contribution in [3.05, 3.63) is 63.4 Å². The summed E-state index contributed by atoms with van der Waals surface area (Å²) in [5.74, 6) is -0.795. The van der Waals surface area contributed by atoms with E-state index in [4.69, 9.17) is 27.9 Å². The maximum atomic E-state index is 12.3. The van der Waals surface area contributed by atoms with Crippen LogP contribution in [0, 0.1) is 13.8 Å². The number of halogens is 2. The molecule has 1 heterocycles. The molecular formula is C18H17Cl2NO3. The van der Waals surface area contributed by atoms with Gasteiger partial charge in [-0.3, -0.25) is 4.79 Å². The standard InChI is InChI=1S/C18H17Cl2NO3/c1-4-5-18(23)24-10-17(22)14-8-11(2)21(12(14)3)13-6-7-15(19)16(20)9-13/h4-9H,10H2,1-3H3. The fourth-order valence-electron chi connectivity index (χ4n) is 2.47. The molecule has 0 radical (unpaired) electrons. The smallest absolute Gasteiger partial charge is 0.330 e. The minimum absolute atomic E-state index is 0.257. The van der Waals surface area contributed by atoms with Gasteiger partial charge in [0.1, 0.15) is 0 Å². The van der Waals surface area contributed by atoms with Crippen molar-refractivity contribution in [2.75, 3.05) is 6.61 Å². The van der Waals surface area contributed by atoms with E-state index in [2.05, 4.69) is 0 Å². The van der Waals surface area contributed by atoms with Crippen LogP contribution in [-0.4, -0.2) is 22.9 Å². The van der Waals surface area contributed by atoms with Gasteiger partial charge >= 0.3 is 5.97 Å². The van der Waals surface area contributed by atoms with Gasteiger partial charge in [0, 0.05) is 28.7 Å². The van der Waals surface area contributed by atoms with Gasteiger partial charge < -0.3 is 9.30 Å². The topological polar surface area (TPSA) is 48.3 Å². The Hall–Kier alpha value is -2.04. The highest BCUT2D eigenvalue weighted by atomic mass is 35.5. The lowest BCUT2D eigenvalue weighted by molar-refractivity contribution is -0.136.